The van der Waals surface area contributed by atoms with Gasteiger partial charge >= 0.3 is 0 Å². The number of rotatable bonds is 4. The molecule has 6 heteroatoms. The SMILES string of the molecule is CCn1cc(Br)cc1C(=O)Nc1ccccc1-n1nc(C)cc1C. The highest BCUT2D eigenvalue weighted by Gasteiger charge is 2.15. The molecule has 2 aromatic heterocycles. The van der Waals surface area contributed by atoms with Crippen molar-refractivity contribution in [1.82, 2.24) is 14.3 Å². The van der Waals surface area contributed by atoms with E-state index in [2.05, 4.69) is 26.3 Å². The minimum atomic E-state index is -0.142. The monoisotopic (exact) mass is 386 g/mol. The number of anilines is 1. The van der Waals surface area contributed by atoms with Crippen LogP contribution in [0.1, 0.15) is 28.8 Å². The highest BCUT2D eigenvalue weighted by Crippen LogP contribution is 2.23. The van der Waals surface area contributed by atoms with E-state index in [-0.39, 0.29) is 5.91 Å². The smallest absolute Gasteiger partial charge is 0.272 e. The van der Waals surface area contributed by atoms with Crippen molar-refractivity contribution in [3.8, 4) is 5.69 Å². The van der Waals surface area contributed by atoms with Gasteiger partial charge in [-0.2, -0.15) is 5.10 Å². The van der Waals surface area contributed by atoms with Crippen LogP contribution in [0.25, 0.3) is 5.69 Å². The second kappa shape index (κ2) is 6.65. The van der Waals surface area contributed by atoms with E-state index >= 15 is 0 Å². The maximum absolute atomic E-state index is 12.7. The summed E-state index contributed by atoms with van der Waals surface area (Å²) in [6.45, 7) is 6.69. The minimum Gasteiger partial charge on any atom is -0.343 e. The van der Waals surface area contributed by atoms with Crippen LogP contribution in [0.3, 0.4) is 0 Å². The number of carbonyl (C=O) groups is 1. The molecule has 0 bridgehead atoms. The third kappa shape index (κ3) is 3.14. The van der Waals surface area contributed by atoms with Crippen molar-refractivity contribution in [3.05, 3.63) is 64.1 Å². The number of hydrogen-bond acceptors (Lipinski definition) is 2. The van der Waals surface area contributed by atoms with Crippen molar-refractivity contribution in [2.75, 3.05) is 5.32 Å². The second-order valence-corrected chi connectivity index (χ2v) is 6.56. The number of amides is 1. The van der Waals surface area contributed by atoms with E-state index in [0.29, 0.717) is 5.69 Å². The molecule has 24 heavy (non-hydrogen) atoms. The van der Waals surface area contributed by atoms with Crippen LogP contribution in [0.15, 0.2) is 47.1 Å². The lowest BCUT2D eigenvalue weighted by molar-refractivity contribution is 0.101. The number of carbonyl (C=O) groups excluding carboxylic acids is 1. The standard InChI is InChI=1S/C18H19BrN4O/c1-4-22-11-14(19)10-17(22)18(24)20-15-7-5-6-8-16(15)23-13(3)9-12(2)21-23/h5-11H,4H2,1-3H3,(H,20,24). The maximum atomic E-state index is 12.7. The summed E-state index contributed by atoms with van der Waals surface area (Å²) >= 11 is 3.43. The Kier molecular flexibility index (Phi) is 4.57. The Morgan fingerprint density at radius 3 is 2.67 bits per heavy atom. The zero-order valence-electron chi connectivity index (χ0n) is 13.9. The van der Waals surface area contributed by atoms with Gasteiger partial charge in [0.05, 0.1) is 17.1 Å². The molecule has 0 aliphatic rings. The average molecular weight is 387 g/mol. The molecule has 0 spiro atoms. The zero-order valence-corrected chi connectivity index (χ0v) is 15.5. The third-order valence-corrected chi connectivity index (χ3v) is 4.26. The summed E-state index contributed by atoms with van der Waals surface area (Å²) in [6.07, 6.45) is 1.90. The van der Waals surface area contributed by atoms with Crippen LogP contribution in [0.4, 0.5) is 5.69 Å². The summed E-state index contributed by atoms with van der Waals surface area (Å²) in [6, 6.07) is 11.5. The lowest BCUT2D eigenvalue weighted by Crippen LogP contribution is -2.18. The van der Waals surface area contributed by atoms with Crippen molar-refractivity contribution in [1.29, 1.82) is 0 Å². The highest BCUT2D eigenvalue weighted by atomic mass is 79.9. The number of nitrogens with one attached hydrogen (secondary N) is 1. The van der Waals surface area contributed by atoms with E-state index in [0.717, 1.165) is 33.8 Å². The van der Waals surface area contributed by atoms with Gasteiger partial charge in [-0.05, 0) is 61.0 Å². The van der Waals surface area contributed by atoms with Crippen LogP contribution in [-0.2, 0) is 6.54 Å². The van der Waals surface area contributed by atoms with E-state index in [9.17, 15) is 4.79 Å². The molecule has 0 fully saturated rings. The summed E-state index contributed by atoms with van der Waals surface area (Å²) in [5.74, 6) is -0.142. The van der Waals surface area contributed by atoms with Gasteiger partial charge in [-0.25, -0.2) is 4.68 Å². The van der Waals surface area contributed by atoms with E-state index in [1.807, 2.05) is 72.6 Å². The predicted molar refractivity (Wildman–Crippen MR) is 98.8 cm³/mol. The van der Waals surface area contributed by atoms with E-state index in [1.54, 1.807) is 0 Å². The number of halogens is 1. The number of aryl methyl sites for hydroxylation is 3. The fraction of sp³-hybridized carbons (Fsp3) is 0.222. The summed E-state index contributed by atoms with van der Waals surface area (Å²) in [5, 5.41) is 7.52. The molecule has 0 atom stereocenters. The highest BCUT2D eigenvalue weighted by molar-refractivity contribution is 9.10. The number of nitrogens with zero attached hydrogens (tertiary/aromatic N) is 3. The molecule has 0 saturated heterocycles. The van der Waals surface area contributed by atoms with Crippen molar-refractivity contribution in [3.63, 3.8) is 0 Å². The lowest BCUT2D eigenvalue weighted by atomic mass is 10.2. The van der Waals surface area contributed by atoms with Crippen LogP contribution in [0.2, 0.25) is 0 Å². The van der Waals surface area contributed by atoms with Crippen LogP contribution < -0.4 is 5.32 Å². The molecule has 1 aromatic carbocycles. The first-order valence-electron chi connectivity index (χ1n) is 7.79. The molecule has 5 nitrogen and oxygen atoms in total. The molecule has 3 rings (SSSR count). The van der Waals surface area contributed by atoms with Crippen LogP contribution in [0.5, 0.6) is 0 Å². The van der Waals surface area contributed by atoms with Crippen molar-refractivity contribution in [2.24, 2.45) is 0 Å². The lowest BCUT2D eigenvalue weighted by Gasteiger charge is -2.13. The van der Waals surface area contributed by atoms with Gasteiger partial charge in [0.1, 0.15) is 5.69 Å². The Bertz CT molecular complexity index is 894. The molecule has 1 amide bonds. The molecule has 0 radical (unpaired) electrons. The number of aromatic nitrogens is 3. The Hall–Kier alpha value is -2.34. The summed E-state index contributed by atoms with van der Waals surface area (Å²) in [4.78, 5) is 12.7. The van der Waals surface area contributed by atoms with Crippen LogP contribution in [0, 0.1) is 13.8 Å². The Balaban J connectivity index is 1.96. The van der Waals surface area contributed by atoms with Gasteiger partial charge in [-0.3, -0.25) is 4.79 Å². The van der Waals surface area contributed by atoms with Gasteiger partial charge in [0.15, 0.2) is 0 Å². The largest absolute Gasteiger partial charge is 0.343 e. The maximum Gasteiger partial charge on any atom is 0.272 e. The van der Waals surface area contributed by atoms with E-state index < -0.39 is 0 Å². The second-order valence-electron chi connectivity index (χ2n) is 5.64. The molecule has 0 saturated carbocycles. The summed E-state index contributed by atoms with van der Waals surface area (Å²) in [5.41, 5.74) is 4.16. The predicted octanol–water partition coefficient (Wildman–Crippen LogP) is 4.33. The Morgan fingerprint density at radius 2 is 2.00 bits per heavy atom. The Labute approximate surface area is 149 Å². The van der Waals surface area contributed by atoms with Gasteiger partial charge in [-0.1, -0.05) is 12.1 Å². The van der Waals surface area contributed by atoms with Crippen molar-refractivity contribution >= 4 is 27.5 Å². The fourth-order valence-corrected chi connectivity index (χ4v) is 3.21. The minimum absolute atomic E-state index is 0.142. The summed E-state index contributed by atoms with van der Waals surface area (Å²) < 4.78 is 4.65. The number of benzene rings is 1. The van der Waals surface area contributed by atoms with Gasteiger partial charge in [0, 0.05) is 22.9 Å². The molecule has 0 aliphatic carbocycles. The molecule has 2 heterocycles. The first kappa shape index (κ1) is 16.5. The van der Waals surface area contributed by atoms with Gasteiger partial charge in [0.25, 0.3) is 5.91 Å². The Morgan fingerprint density at radius 1 is 1.25 bits per heavy atom. The molecule has 0 aliphatic heterocycles. The molecular formula is C18H19BrN4O. The first-order chi connectivity index (χ1) is 11.5. The molecule has 124 valence electrons. The van der Waals surface area contributed by atoms with Crippen molar-refractivity contribution in [2.45, 2.75) is 27.3 Å². The fourth-order valence-electron chi connectivity index (χ4n) is 2.75. The average Bonchev–Trinajstić information content (AvgIpc) is 3.09. The van der Waals surface area contributed by atoms with E-state index in [4.69, 9.17) is 0 Å². The van der Waals surface area contributed by atoms with Gasteiger partial charge < -0.3 is 9.88 Å². The van der Waals surface area contributed by atoms with Crippen LogP contribution in [-0.4, -0.2) is 20.3 Å². The molecule has 1 N–H and O–H groups in total. The molecule has 0 unspecified atom stereocenters. The van der Waals surface area contributed by atoms with Gasteiger partial charge in [-0.15, -0.1) is 0 Å². The van der Waals surface area contributed by atoms with Crippen molar-refractivity contribution < 1.29 is 4.79 Å². The summed E-state index contributed by atoms with van der Waals surface area (Å²) in [7, 11) is 0. The molecular weight excluding hydrogens is 368 g/mol. The molecule has 3 aromatic rings. The first-order valence-corrected chi connectivity index (χ1v) is 8.58. The topological polar surface area (TPSA) is 51.9 Å². The zero-order chi connectivity index (χ0) is 17.3. The van der Waals surface area contributed by atoms with Crippen LogP contribution >= 0.6 is 15.9 Å². The number of para-hydroxylation sites is 2. The third-order valence-electron chi connectivity index (χ3n) is 3.83. The van der Waals surface area contributed by atoms with Gasteiger partial charge in [0.2, 0.25) is 0 Å². The van der Waals surface area contributed by atoms with E-state index in [1.165, 1.54) is 0 Å². The quantitative estimate of drug-likeness (QED) is 0.725. The normalized spacial score (nSPS) is 10.8. The number of hydrogen-bond donors (Lipinski definition) is 1.